The zero-order chi connectivity index (χ0) is 18.3. The number of carbonyl (C=O) groups excluding carboxylic acids is 1. The van der Waals surface area contributed by atoms with Crippen molar-refractivity contribution in [2.45, 2.75) is 59.2 Å². The maximum atomic E-state index is 12.7. The number of hydrogen-bond acceptors (Lipinski definition) is 3. The van der Waals surface area contributed by atoms with Crippen molar-refractivity contribution in [3.8, 4) is 0 Å². The topological polar surface area (TPSA) is 69.6 Å². The molecule has 0 saturated carbocycles. The molecule has 0 heterocycles. The molecule has 0 aliphatic rings. The van der Waals surface area contributed by atoms with E-state index in [0.717, 1.165) is 5.56 Å². The smallest absolute Gasteiger partial charge is 0.408 e. The monoisotopic (exact) mass is 334 g/mol. The molecule has 0 bridgehead atoms. The Balaban J connectivity index is 2.79. The molecule has 0 spiro atoms. The minimum atomic E-state index is -1.05. The van der Waals surface area contributed by atoms with Crippen LogP contribution in [0, 0.1) is 5.92 Å². The highest BCUT2D eigenvalue weighted by molar-refractivity contribution is 5.89. The number of carboxylic acid groups (broad SMARTS) is 1. The highest BCUT2D eigenvalue weighted by Crippen LogP contribution is 2.22. The number of benzene rings is 1. The van der Waals surface area contributed by atoms with E-state index in [1.165, 1.54) is 4.90 Å². The number of rotatable bonds is 8. The van der Waals surface area contributed by atoms with Gasteiger partial charge in [0.25, 0.3) is 0 Å². The van der Waals surface area contributed by atoms with E-state index in [0.29, 0.717) is 13.0 Å². The molecule has 0 radical (unpaired) electrons. The van der Waals surface area contributed by atoms with Crippen LogP contribution in [0.15, 0.2) is 30.3 Å². The Morgan fingerprint density at radius 1 is 1.17 bits per heavy atom. The predicted octanol–water partition coefficient (Wildman–Crippen LogP) is 3.54. The van der Waals surface area contributed by atoms with Gasteiger partial charge < -0.3 is 10.4 Å². The molecule has 5 nitrogen and oxygen atoms in total. The molecular weight excluding hydrogens is 304 g/mol. The fourth-order valence-electron chi connectivity index (χ4n) is 2.76. The Hall–Kier alpha value is -1.88. The van der Waals surface area contributed by atoms with E-state index < -0.39 is 17.7 Å². The highest BCUT2D eigenvalue weighted by atomic mass is 16.4. The largest absolute Gasteiger partial charge is 0.465 e. The molecule has 1 aromatic rings. The van der Waals surface area contributed by atoms with Crippen molar-refractivity contribution in [1.29, 1.82) is 0 Å². The second kappa shape index (κ2) is 8.83. The van der Waals surface area contributed by atoms with Gasteiger partial charge in [-0.05, 0) is 38.7 Å². The minimum Gasteiger partial charge on any atom is -0.465 e. The van der Waals surface area contributed by atoms with Gasteiger partial charge in [0.15, 0.2) is 5.78 Å². The van der Waals surface area contributed by atoms with Crippen LogP contribution in [-0.2, 0) is 11.3 Å². The fraction of sp³-hybridized carbons (Fsp3) is 0.579. The number of amides is 1. The van der Waals surface area contributed by atoms with Crippen LogP contribution in [0.2, 0.25) is 0 Å². The van der Waals surface area contributed by atoms with Gasteiger partial charge in [-0.15, -0.1) is 0 Å². The molecule has 1 atom stereocenters. The average molecular weight is 334 g/mol. The van der Waals surface area contributed by atoms with Crippen molar-refractivity contribution in [1.82, 2.24) is 10.2 Å². The number of nitrogens with zero attached hydrogens (tertiary/aromatic N) is 1. The third-order valence-corrected chi connectivity index (χ3v) is 3.78. The van der Waals surface area contributed by atoms with E-state index in [4.69, 9.17) is 0 Å². The van der Waals surface area contributed by atoms with E-state index in [2.05, 4.69) is 5.32 Å². The van der Waals surface area contributed by atoms with Crippen LogP contribution in [0.1, 0.15) is 46.6 Å². The maximum absolute atomic E-state index is 12.7. The van der Waals surface area contributed by atoms with Crippen LogP contribution in [0.25, 0.3) is 0 Å². The predicted molar refractivity (Wildman–Crippen MR) is 96.0 cm³/mol. The van der Waals surface area contributed by atoms with Crippen LogP contribution in [-0.4, -0.2) is 40.0 Å². The van der Waals surface area contributed by atoms with E-state index in [-0.39, 0.29) is 18.2 Å². The standard InChI is InChI=1S/C19H30N2O3/c1-14(2)11-16(21(18(23)24)19(3,4)5)17(22)13-20-12-15-9-7-6-8-10-15/h6-10,14,16,20H,11-13H2,1-5H3,(H,23,24)/t16-/m0/s1. The van der Waals surface area contributed by atoms with E-state index >= 15 is 0 Å². The Morgan fingerprint density at radius 2 is 1.75 bits per heavy atom. The molecule has 2 N–H and O–H groups in total. The Bertz CT molecular complexity index is 535. The summed E-state index contributed by atoms with van der Waals surface area (Å²) in [6.45, 7) is 10.2. The lowest BCUT2D eigenvalue weighted by Crippen LogP contribution is -2.56. The zero-order valence-electron chi connectivity index (χ0n) is 15.4. The van der Waals surface area contributed by atoms with Crippen LogP contribution < -0.4 is 5.32 Å². The van der Waals surface area contributed by atoms with Crippen molar-refractivity contribution in [3.63, 3.8) is 0 Å². The lowest BCUT2D eigenvalue weighted by molar-refractivity contribution is -0.125. The molecule has 0 aliphatic carbocycles. The van der Waals surface area contributed by atoms with Gasteiger partial charge >= 0.3 is 6.09 Å². The van der Waals surface area contributed by atoms with Crippen molar-refractivity contribution >= 4 is 11.9 Å². The van der Waals surface area contributed by atoms with E-state index in [1.807, 2.05) is 65.0 Å². The quantitative estimate of drug-likeness (QED) is 0.763. The lowest BCUT2D eigenvalue weighted by atomic mass is 9.94. The number of ketones is 1. The first-order chi connectivity index (χ1) is 11.1. The Morgan fingerprint density at radius 3 is 2.21 bits per heavy atom. The SMILES string of the molecule is CC(C)C[C@@H](C(=O)CNCc1ccccc1)N(C(=O)O)C(C)(C)C. The summed E-state index contributed by atoms with van der Waals surface area (Å²) in [7, 11) is 0. The molecule has 5 heteroatoms. The lowest BCUT2D eigenvalue weighted by Gasteiger charge is -2.39. The summed E-state index contributed by atoms with van der Waals surface area (Å²) in [5, 5.41) is 12.7. The summed E-state index contributed by atoms with van der Waals surface area (Å²) >= 11 is 0. The molecule has 0 unspecified atom stereocenters. The van der Waals surface area contributed by atoms with Crippen LogP contribution in [0.4, 0.5) is 4.79 Å². The van der Waals surface area contributed by atoms with Gasteiger partial charge in [0, 0.05) is 12.1 Å². The molecule has 0 fully saturated rings. The molecule has 0 saturated heterocycles. The van der Waals surface area contributed by atoms with E-state index in [1.54, 1.807) is 0 Å². The van der Waals surface area contributed by atoms with E-state index in [9.17, 15) is 14.7 Å². The molecule has 1 aromatic carbocycles. The summed E-state index contributed by atoms with van der Waals surface area (Å²) < 4.78 is 0. The number of hydrogen-bond donors (Lipinski definition) is 2. The van der Waals surface area contributed by atoms with Gasteiger partial charge in [-0.25, -0.2) is 4.79 Å². The van der Waals surface area contributed by atoms with Gasteiger partial charge in [0.2, 0.25) is 0 Å². The van der Waals surface area contributed by atoms with Gasteiger partial charge in [0.05, 0.1) is 12.6 Å². The molecule has 1 rings (SSSR count). The summed E-state index contributed by atoms with van der Waals surface area (Å²) in [5.74, 6) is 0.147. The second-order valence-corrected chi connectivity index (χ2v) is 7.52. The summed E-state index contributed by atoms with van der Waals surface area (Å²) in [4.78, 5) is 25.7. The Kier molecular flexibility index (Phi) is 7.42. The fourth-order valence-corrected chi connectivity index (χ4v) is 2.76. The van der Waals surface area contributed by atoms with Crippen molar-refractivity contribution in [3.05, 3.63) is 35.9 Å². The molecule has 134 valence electrons. The third kappa shape index (κ3) is 6.32. The highest BCUT2D eigenvalue weighted by Gasteiger charge is 2.37. The van der Waals surface area contributed by atoms with Crippen molar-refractivity contribution in [2.75, 3.05) is 6.54 Å². The summed E-state index contributed by atoms with van der Waals surface area (Å²) in [5.41, 5.74) is 0.470. The first kappa shape index (κ1) is 20.2. The van der Waals surface area contributed by atoms with Crippen molar-refractivity contribution < 1.29 is 14.7 Å². The maximum Gasteiger partial charge on any atom is 0.408 e. The number of nitrogens with one attached hydrogen (secondary N) is 1. The minimum absolute atomic E-state index is 0.0862. The summed E-state index contributed by atoms with van der Waals surface area (Å²) in [6, 6.07) is 9.19. The molecule has 0 aromatic heterocycles. The van der Waals surface area contributed by atoms with Gasteiger partial charge in [-0.1, -0.05) is 44.2 Å². The third-order valence-electron chi connectivity index (χ3n) is 3.78. The molecule has 24 heavy (non-hydrogen) atoms. The average Bonchev–Trinajstić information content (AvgIpc) is 2.45. The molecular formula is C19H30N2O3. The zero-order valence-corrected chi connectivity index (χ0v) is 15.4. The summed E-state index contributed by atoms with van der Waals surface area (Å²) in [6.07, 6.45) is -0.528. The van der Waals surface area contributed by atoms with Crippen LogP contribution in [0.5, 0.6) is 0 Å². The first-order valence-corrected chi connectivity index (χ1v) is 8.42. The van der Waals surface area contributed by atoms with Gasteiger partial charge in [-0.2, -0.15) is 0 Å². The number of carbonyl (C=O) groups is 2. The van der Waals surface area contributed by atoms with Crippen molar-refractivity contribution in [2.24, 2.45) is 5.92 Å². The normalized spacial score (nSPS) is 12.9. The molecule has 0 aliphatic heterocycles. The Labute approximate surface area is 145 Å². The second-order valence-electron chi connectivity index (χ2n) is 7.52. The van der Waals surface area contributed by atoms with Crippen LogP contribution >= 0.6 is 0 Å². The van der Waals surface area contributed by atoms with Gasteiger partial charge in [0.1, 0.15) is 0 Å². The number of Topliss-reactive ketones (excluding diaryl/α,β-unsaturated/α-hetero) is 1. The molecule has 1 amide bonds. The first-order valence-electron chi connectivity index (χ1n) is 8.42. The van der Waals surface area contributed by atoms with Gasteiger partial charge in [-0.3, -0.25) is 9.69 Å². The van der Waals surface area contributed by atoms with Crippen LogP contribution in [0.3, 0.4) is 0 Å².